The van der Waals surface area contributed by atoms with Crippen molar-refractivity contribution in [1.29, 1.82) is 0 Å². The van der Waals surface area contributed by atoms with Crippen molar-refractivity contribution in [3.8, 4) is 0 Å². The van der Waals surface area contributed by atoms with Crippen molar-refractivity contribution in [2.45, 2.75) is 6.54 Å². The number of nitrogens with two attached hydrogens (primary N) is 1. The monoisotopic (exact) mass is 351 g/mol. The third kappa shape index (κ3) is 3.72. The molecule has 0 unspecified atom stereocenters. The smallest absolute Gasteiger partial charge is 0.172 e. The first-order valence-electron chi connectivity index (χ1n) is 6.24. The van der Waals surface area contributed by atoms with Crippen LogP contribution in [0.2, 0.25) is 0 Å². The second-order valence-electron chi connectivity index (χ2n) is 4.63. The van der Waals surface area contributed by atoms with Gasteiger partial charge in [-0.25, -0.2) is 4.39 Å². The van der Waals surface area contributed by atoms with E-state index in [1.54, 1.807) is 12.1 Å². The van der Waals surface area contributed by atoms with Gasteiger partial charge in [-0.2, -0.15) is 0 Å². The molecule has 21 heavy (non-hydrogen) atoms. The Balaban J connectivity index is 2.34. The third-order valence-electron chi connectivity index (χ3n) is 3.06. The molecule has 2 aromatic rings. The van der Waals surface area contributed by atoms with E-state index in [9.17, 15) is 4.39 Å². The molecular weight excluding hydrogens is 337 g/mol. The highest BCUT2D eigenvalue weighted by molar-refractivity contribution is 9.10. The normalized spacial score (nSPS) is 11.5. The molecule has 3 N–H and O–H groups in total. The summed E-state index contributed by atoms with van der Waals surface area (Å²) in [6, 6.07) is 11.9. The SMILES string of the molecule is CN(Cc1cccc(F)c1)c1cc(Br)ccc1/C(N)=N/O. The highest BCUT2D eigenvalue weighted by Crippen LogP contribution is 2.25. The van der Waals surface area contributed by atoms with Crippen LogP contribution in [-0.2, 0) is 6.54 Å². The van der Waals surface area contributed by atoms with Crippen LogP contribution in [-0.4, -0.2) is 18.1 Å². The number of halogens is 2. The first-order valence-corrected chi connectivity index (χ1v) is 7.03. The van der Waals surface area contributed by atoms with Gasteiger partial charge in [0.25, 0.3) is 0 Å². The Kier molecular flexibility index (Phi) is 4.80. The van der Waals surface area contributed by atoms with Crippen LogP contribution in [0.3, 0.4) is 0 Å². The molecule has 0 saturated carbocycles. The summed E-state index contributed by atoms with van der Waals surface area (Å²) in [4.78, 5) is 1.91. The molecule has 0 saturated heterocycles. The second kappa shape index (κ2) is 6.58. The lowest BCUT2D eigenvalue weighted by Crippen LogP contribution is -2.22. The molecule has 6 heteroatoms. The van der Waals surface area contributed by atoms with Crippen molar-refractivity contribution in [2.75, 3.05) is 11.9 Å². The van der Waals surface area contributed by atoms with Crippen molar-refractivity contribution in [3.63, 3.8) is 0 Å². The standard InChI is InChI=1S/C15H15BrFN3O/c1-20(9-10-3-2-4-12(17)7-10)14-8-11(16)5-6-13(14)15(18)19-21/h2-8,21H,9H2,1H3,(H2,18,19). The lowest BCUT2D eigenvalue weighted by Gasteiger charge is -2.22. The van der Waals surface area contributed by atoms with Crippen LogP contribution < -0.4 is 10.6 Å². The summed E-state index contributed by atoms with van der Waals surface area (Å²) >= 11 is 3.40. The predicted molar refractivity (Wildman–Crippen MR) is 85.2 cm³/mol. The van der Waals surface area contributed by atoms with Crippen LogP contribution in [0.4, 0.5) is 10.1 Å². The number of hydrogen-bond acceptors (Lipinski definition) is 3. The van der Waals surface area contributed by atoms with E-state index in [1.165, 1.54) is 12.1 Å². The first kappa shape index (κ1) is 15.3. The number of oxime groups is 1. The number of rotatable bonds is 4. The molecule has 0 aliphatic carbocycles. The molecule has 0 spiro atoms. The molecule has 2 rings (SSSR count). The Labute approximate surface area is 130 Å². The fourth-order valence-electron chi connectivity index (χ4n) is 2.09. The maximum atomic E-state index is 13.2. The zero-order valence-corrected chi connectivity index (χ0v) is 13.0. The zero-order chi connectivity index (χ0) is 15.4. The number of hydrogen-bond donors (Lipinski definition) is 2. The topological polar surface area (TPSA) is 61.8 Å². The summed E-state index contributed by atoms with van der Waals surface area (Å²) in [5.41, 5.74) is 7.93. The minimum Gasteiger partial charge on any atom is -0.409 e. The van der Waals surface area contributed by atoms with Crippen LogP contribution in [0.1, 0.15) is 11.1 Å². The van der Waals surface area contributed by atoms with Crippen molar-refractivity contribution in [1.82, 2.24) is 0 Å². The zero-order valence-electron chi connectivity index (χ0n) is 11.4. The Hall–Kier alpha value is -2.08. The lowest BCUT2D eigenvalue weighted by atomic mass is 10.1. The number of anilines is 1. The van der Waals surface area contributed by atoms with Gasteiger partial charge in [-0.15, -0.1) is 0 Å². The van der Waals surface area contributed by atoms with Gasteiger partial charge in [0.05, 0.1) is 0 Å². The molecule has 0 fully saturated rings. The van der Waals surface area contributed by atoms with Crippen LogP contribution >= 0.6 is 15.9 Å². The molecule has 0 amide bonds. The third-order valence-corrected chi connectivity index (χ3v) is 3.56. The minimum absolute atomic E-state index is 0.0311. The highest BCUT2D eigenvalue weighted by Gasteiger charge is 2.12. The Morgan fingerprint density at radius 1 is 1.33 bits per heavy atom. The van der Waals surface area contributed by atoms with Gasteiger partial charge in [0.1, 0.15) is 5.82 Å². The molecule has 0 bridgehead atoms. The maximum Gasteiger partial charge on any atom is 0.172 e. The van der Waals surface area contributed by atoms with Gasteiger partial charge in [0, 0.05) is 29.3 Å². The molecule has 0 atom stereocenters. The summed E-state index contributed by atoms with van der Waals surface area (Å²) in [5.74, 6) is -0.240. The van der Waals surface area contributed by atoms with Crippen LogP contribution in [0.5, 0.6) is 0 Å². The van der Waals surface area contributed by atoms with E-state index >= 15 is 0 Å². The number of benzene rings is 2. The molecular formula is C15H15BrFN3O. The van der Waals surface area contributed by atoms with Gasteiger partial charge in [0.2, 0.25) is 0 Å². The summed E-state index contributed by atoms with van der Waals surface area (Å²) in [7, 11) is 1.86. The first-order chi connectivity index (χ1) is 10.0. The summed E-state index contributed by atoms with van der Waals surface area (Å²) in [6.45, 7) is 0.500. The summed E-state index contributed by atoms with van der Waals surface area (Å²) < 4.78 is 14.1. The van der Waals surface area contributed by atoms with Crippen LogP contribution in [0.15, 0.2) is 52.1 Å². The van der Waals surface area contributed by atoms with Crippen molar-refractivity contribution >= 4 is 27.5 Å². The number of nitrogens with zero attached hydrogens (tertiary/aromatic N) is 2. The van der Waals surface area contributed by atoms with Gasteiger partial charge in [-0.05, 0) is 35.9 Å². The van der Waals surface area contributed by atoms with E-state index in [1.807, 2.05) is 30.1 Å². The average molecular weight is 352 g/mol. The van der Waals surface area contributed by atoms with Crippen molar-refractivity contribution in [2.24, 2.45) is 10.9 Å². The second-order valence-corrected chi connectivity index (χ2v) is 5.55. The fraction of sp³-hybridized carbons (Fsp3) is 0.133. The quantitative estimate of drug-likeness (QED) is 0.384. The molecule has 110 valence electrons. The van der Waals surface area contributed by atoms with Gasteiger partial charge in [-0.1, -0.05) is 33.2 Å². The van der Waals surface area contributed by atoms with Crippen LogP contribution in [0, 0.1) is 5.82 Å². The largest absolute Gasteiger partial charge is 0.409 e. The van der Waals surface area contributed by atoms with E-state index in [2.05, 4.69) is 21.1 Å². The Bertz CT molecular complexity index is 676. The van der Waals surface area contributed by atoms with Crippen molar-refractivity contribution in [3.05, 3.63) is 63.9 Å². The maximum absolute atomic E-state index is 13.2. The summed E-state index contributed by atoms with van der Waals surface area (Å²) in [5, 5.41) is 11.9. The molecule has 0 aromatic heterocycles. The molecule has 0 aliphatic rings. The van der Waals surface area contributed by atoms with E-state index in [0.717, 1.165) is 15.7 Å². The minimum atomic E-state index is -0.271. The highest BCUT2D eigenvalue weighted by atomic mass is 79.9. The Morgan fingerprint density at radius 2 is 2.10 bits per heavy atom. The summed E-state index contributed by atoms with van der Waals surface area (Å²) in [6.07, 6.45) is 0. The molecule has 0 radical (unpaired) electrons. The fourth-order valence-corrected chi connectivity index (χ4v) is 2.43. The average Bonchev–Trinajstić information content (AvgIpc) is 2.46. The van der Waals surface area contributed by atoms with E-state index in [0.29, 0.717) is 12.1 Å². The van der Waals surface area contributed by atoms with E-state index in [-0.39, 0.29) is 11.7 Å². The molecule has 2 aromatic carbocycles. The van der Waals surface area contributed by atoms with Gasteiger partial charge in [-0.3, -0.25) is 0 Å². The van der Waals surface area contributed by atoms with Crippen LogP contribution in [0.25, 0.3) is 0 Å². The molecule has 0 heterocycles. The van der Waals surface area contributed by atoms with Gasteiger partial charge in [0.15, 0.2) is 5.84 Å². The number of amidine groups is 1. The molecule has 0 aliphatic heterocycles. The van der Waals surface area contributed by atoms with E-state index in [4.69, 9.17) is 10.9 Å². The lowest BCUT2D eigenvalue weighted by molar-refractivity contribution is 0.318. The van der Waals surface area contributed by atoms with E-state index < -0.39 is 0 Å². The van der Waals surface area contributed by atoms with Gasteiger partial charge >= 0.3 is 0 Å². The Morgan fingerprint density at radius 3 is 2.76 bits per heavy atom. The van der Waals surface area contributed by atoms with Gasteiger partial charge < -0.3 is 15.8 Å². The molecule has 4 nitrogen and oxygen atoms in total. The predicted octanol–water partition coefficient (Wildman–Crippen LogP) is 3.32. The van der Waals surface area contributed by atoms with Crippen molar-refractivity contribution < 1.29 is 9.60 Å².